The van der Waals surface area contributed by atoms with E-state index in [9.17, 15) is 0 Å². The van der Waals surface area contributed by atoms with Gasteiger partial charge in [-0.3, -0.25) is 0 Å². The predicted molar refractivity (Wildman–Crippen MR) is 88.0 cm³/mol. The molecule has 2 nitrogen and oxygen atoms in total. The third-order valence-corrected chi connectivity index (χ3v) is 4.33. The molecular formula is C18H17NOS. The Hall–Kier alpha value is -2.10. The van der Waals surface area contributed by atoms with E-state index in [1.165, 1.54) is 11.1 Å². The maximum atomic E-state index is 6.33. The normalized spacial score (nSPS) is 12.1. The molecule has 1 atom stereocenters. The second-order valence-corrected chi connectivity index (χ2v) is 5.72. The summed E-state index contributed by atoms with van der Waals surface area (Å²) < 4.78 is 5.79. The second kappa shape index (κ2) is 6.12. The van der Waals surface area contributed by atoms with Gasteiger partial charge in [-0.25, -0.2) is 0 Å². The molecule has 1 aromatic heterocycles. The van der Waals surface area contributed by atoms with E-state index < -0.39 is 0 Å². The highest BCUT2D eigenvalue weighted by atomic mass is 32.1. The lowest BCUT2D eigenvalue weighted by atomic mass is 9.99. The number of aryl methyl sites for hydroxylation is 1. The zero-order valence-electron chi connectivity index (χ0n) is 11.8. The monoisotopic (exact) mass is 295 g/mol. The fraction of sp³-hybridized carbons (Fsp3) is 0.111. The van der Waals surface area contributed by atoms with Crippen molar-refractivity contribution in [2.45, 2.75) is 13.0 Å². The summed E-state index contributed by atoms with van der Waals surface area (Å²) in [6.45, 7) is 2.10. The van der Waals surface area contributed by atoms with Crippen LogP contribution in [0.15, 0.2) is 65.4 Å². The molecule has 0 radical (unpaired) electrons. The Morgan fingerprint density at radius 1 is 0.905 bits per heavy atom. The van der Waals surface area contributed by atoms with Gasteiger partial charge in [0.1, 0.15) is 11.5 Å². The Kier molecular flexibility index (Phi) is 4.04. The lowest BCUT2D eigenvalue weighted by molar-refractivity contribution is 0.482. The standard InChI is InChI=1S/C18H17NOS/c1-13-11-21-12-17(13)18(19)14-7-9-16(10-8-14)20-15-5-3-2-4-6-15/h2-12,18H,19H2,1H3. The number of hydrogen-bond acceptors (Lipinski definition) is 3. The van der Waals surface area contributed by atoms with Gasteiger partial charge in [0, 0.05) is 0 Å². The Morgan fingerprint density at radius 2 is 1.57 bits per heavy atom. The minimum atomic E-state index is -0.0815. The lowest BCUT2D eigenvalue weighted by Gasteiger charge is -2.13. The zero-order valence-corrected chi connectivity index (χ0v) is 12.6. The molecule has 2 N–H and O–H groups in total. The molecule has 0 aliphatic carbocycles. The molecule has 0 fully saturated rings. The molecule has 0 amide bonds. The topological polar surface area (TPSA) is 35.2 Å². The van der Waals surface area contributed by atoms with Crippen molar-refractivity contribution in [1.82, 2.24) is 0 Å². The molecule has 0 aliphatic rings. The minimum absolute atomic E-state index is 0.0815. The molecule has 0 saturated carbocycles. The van der Waals surface area contributed by atoms with Gasteiger partial charge in [-0.05, 0) is 58.6 Å². The number of nitrogens with two attached hydrogens (primary N) is 1. The van der Waals surface area contributed by atoms with E-state index in [0.717, 1.165) is 17.1 Å². The molecule has 1 heterocycles. The van der Waals surface area contributed by atoms with E-state index in [1.54, 1.807) is 11.3 Å². The first-order chi connectivity index (χ1) is 10.2. The van der Waals surface area contributed by atoms with Gasteiger partial charge >= 0.3 is 0 Å². The molecule has 0 spiro atoms. The van der Waals surface area contributed by atoms with Crippen molar-refractivity contribution < 1.29 is 4.74 Å². The van der Waals surface area contributed by atoms with Crippen molar-refractivity contribution in [3.63, 3.8) is 0 Å². The van der Waals surface area contributed by atoms with Crippen LogP contribution < -0.4 is 10.5 Å². The van der Waals surface area contributed by atoms with Crippen LogP contribution in [-0.2, 0) is 0 Å². The highest BCUT2D eigenvalue weighted by Gasteiger charge is 2.12. The van der Waals surface area contributed by atoms with Gasteiger partial charge in [-0.15, -0.1) is 0 Å². The van der Waals surface area contributed by atoms with Gasteiger partial charge in [0.2, 0.25) is 0 Å². The van der Waals surface area contributed by atoms with E-state index in [1.807, 2.05) is 54.6 Å². The third-order valence-electron chi connectivity index (χ3n) is 3.45. The van der Waals surface area contributed by atoms with Crippen LogP contribution in [0.1, 0.15) is 22.7 Å². The Bertz CT molecular complexity index is 704. The van der Waals surface area contributed by atoms with Crippen molar-refractivity contribution in [3.05, 3.63) is 82.0 Å². The molecule has 0 saturated heterocycles. The summed E-state index contributed by atoms with van der Waals surface area (Å²) in [5.74, 6) is 1.66. The Labute approximate surface area is 128 Å². The first-order valence-corrected chi connectivity index (χ1v) is 7.79. The highest BCUT2D eigenvalue weighted by Crippen LogP contribution is 2.28. The predicted octanol–water partition coefficient (Wildman–Crippen LogP) is 4.90. The van der Waals surface area contributed by atoms with Crippen LogP contribution in [0.3, 0.4) is 0 Å². The molecule has 0 bridgehead atoms. The van der Waals surface area contributed by atoms with E-state index in [2.05, 4.69) is 17.7 Å². The molecule has 3 aromatic rings. The molecule has 3 rings (SSSR count). The van der Waals surface area contributed by atoms with E-state index >= 15 is 0 Å². The minimum Gasteiger partial charge on any atom is -0.457 e. The fourth-order valence-corrected chi connectivity index (χ4v) is 3.12. The van der Waals surface area contributed by atoms with Gasteiger partial charge < -0.3 is 10.5 Å². The first-order valence-electron chi connectivity index (χ1n) is 6.85. The largest absolute Gasteiger partial charge is 0.457 e. The van der Waals surface area contributed by atoms with Crippen molar-refractivity contribution >= 4 is 11.3 Å². The molecule has 0 aliphatic heterocycles. The summed E-state index contributed by atoms with van der Waals surface area (Å²) in [6.07, 6.45) is 0. The number of rotatable bonds is 4. The van der Waals surface area contributed by atoms with Crippen LogP contribution in [0.5, 0.6) is 11.5 Å². The lowest BCUT2D eigenvalue weighted by Crippen LogP contribution is -2.11. The highest BCUT2D eigenvalue weighted by molar-refractivity contribution is 7.08. The molecule has 3 heteroatoms. The second-order valence-electron chi connectivity index (χ2n) is 4.97. The number of benzene rings is 2. The third kappa shape index (κ3) is 3.15. The summed E-state index contributed by atoms with van der Waals surface area (Å²) in [7, 11) is 0. The van der Waals surface area contributed by atoms with Gasteiger partial charge in [-0.1, -0.05) is 30.3 Å². The number of thiophene rings is 1. The van der Waals surface area contributed by atoms with Crippen molar-refractivity contribution in [1.29, 1.82) is 0 Å². The van der Waals surface area contributed by atoms with Gasteiger partial charge in [-0.2, -0.15) is 11.3 Å². The first kappa shape index (κ1) is 13.9. The molecule has 106 valence electrons. The smallest absolute Gasteiger partial charge is 0.127 e. The van der Waals surface area contributed by atoms with Crippen LogP contribution in [0.4, 0.5) is 0 Å². The van der Waals surface area contributed by atoms with Crippen LogP contribution in [0.2, 0.25) is 0 Å². The quantitative estimate of drug-likeness (QED) is 0.743. The van der Waals surface area contributed by atoms with E-state index in [4.69, 9.17) is 10.5 Å². The molecule has 1 unspecified atom stereocenters. The van der Waals surface area contributed by atoms with Crippen LogP contribution in [-0.4, -0.2) is 0 Å². The average molecular weight is 295 g/mol. The molecule has 21 heavy (non-hydrogen) atoms. The van der Waals surface area contributed by atoms with Gasteiger partial charge in [0.25, 0.3) is 0 Å². The number of ether oxygens (including phenoxy) is 1. The maximum Gasteiger partial charge on any atom is 0.127 e. The summed E-state index contributed by atoms with van der Waals surface area (Å²) in [5.41, 5.74) is 9.86. The van der Waals surface area contributed by atoms with Gasteiger partial charge in [0.15, 0.2) is 0 Å². The summed E-state index contributed by atoms with van der Waals surface area (Å²) >= 11 is 1.69. The summed E-state index contributed by atoms with van der Waals surface area (Å²) in [5, 5.41) is 4.25. The van der Waals surface area contributed by atoms with Crippen LogP contribution in [0.25, 0.3) is 0 Å². The zero-order chi connectivity index (χ0) is 14.7. The van der Waals surface area contributed by atoms with Crippen molar-refractivity contribution in [2.24, 2.45) is 5.73 Å². The number of hydrogen-bond donors (Lipinski definition) is 1. The maximum absolute atomic E-state index is 6.33. The van der Waals surface area contributed by atoms with Crippen LogP contribution in [0, 0.1) is 6.92 Å². The average Bonchev–Trinajstić information content (AvgIpc) is 2.94. The van der Waals surface area contributed by atoms with E-state index in [-0.39, 0.29) is 6.04 Å². The fourth-order valence-electron chi connectivity index (χ4n) is 2.24. The summed E-state index contributed by atoms with van der Waals surface area (Å²) in [4.78, 5) is 0. The molecule has 2 aromatic carbocycles. The van der Waals surface area contributed by atoms with Crippen molar-refractivity contribution in [2.75, 3.05) is 0 Å². The van der Waals surface area contributed by atoms with Gasteiger partial charge in [0.05, 0.1) is 6.04 Å². The summed E-state index contributed by atoms with van der Waals surface area (Å²) in [6, 6.07) is 17.7. The van der Waals surface area contributed by atoms with Crippen molar-refractivity contribution in [3.8, 4) is 11.5 Å². The Balaban J connectivity index is 1.77. The van der Waals surface area contributed by atoms with E-state index in [0.29, 0.717) is 0 Å². The van der Waals surface area contributed by atoms with Crippen LogP contribution >= 0.6 is 11.3 Å². The Morgan fingerprint density at radius 3 is 2.19 bits per heavy atom. The number of para-hydroxylation sites is 1. The molecular weight excluding hydrogens is 278 g/mol. The SMILES string of the molecule is Cc1cscc1C(N)c1ccc(Oc2ccccc2)cc1.